The smallest absolute Gasteiger partial charge is 0.141 e. The number of aromatic nitrogens is 2. The van der Waals surface area contributed by atoms with Crippen LogP contribution in [-0.4, -0.2) is 13.9 Å². The minimum atomic E-state index is 0.522. The van der Waals surface area contributed by atoms with Gasteiger partial charge in [0.1, 0.15) is 4.32 Å². The summed E-state index contributed by atoms with van der Waals surface area (Å²) in [6, 6.07) is 10.1. The van der Waals surface area contributed by atoms with E-state index in [9.17, 15) is 0 Å². The molecule has 1 aromatic carbocycles. The van der Waals surface area contributed by atoms with Crippen LogP contribution in [0.1, 0.15) is 0 Å². The highest BCUT2D eigenvalue weighted by molar-refractivity contribution is 8.11. The minimum Gasteiger partial charge on any atom is -0.308 e. The first-order chi connectivity index (χ1) is 7.75. The summed E-state index contributed by atoms with van der Waals surface area (Å²) in [6.45, 7) is 0. The highest BCUT2D eigenvalue weighted by atomic mass is 32.1. The highest BCUT2D eigenvalue weighted by Crippen LogP contribution is 2.30. The Morgan fingerprint density at radius 2 is 2.06 bits per heavy atom. The van der Waals surface area contributed by atoms with E-state index in [-0.39, 0.29) is 0 Å². The molecular formula is C12H8N2S2. The summed E-state index contributed by atoms with van der Waals surface area (Å²) in [6.07, 6.45) is 3.82. The van der Waals surface area contributed by atoms with Crippen molar-refractivity contribution in [1.29, 1.82) is 0 Å². The van der Waals surface area contributed by atoms with Gasteiger partial charge in [-0.05, 0) is 12.1 Å². The standard InChI is InChI=1S/C12H8N2S2/c15-12(16)14-6-5-9-8-3-1-2-4-10(8)13-11(9)7-14/h1-7H,(H,15,16). The van der Waals surface area contributed by atoms with E-state index in [4.69, 9.17) is 12.2 Å². The van der Waals surface area contributed by atoms with Crippen molar-refractivity contribution < 1.29 is 0 Å². The number of hydrogen-bond donors (Lipinski definition) is 1. The number of benzene rings is 1. The molecular weight excluding hydrogens is 236 g/mol. The van der Waals surface area contributed by atoms with Crippen LogP contribution >= 0.6 is 24.8 Å². The Hall–Kier alpha value is -1.39. The predicted octanol–water partition coefficient (Wildman–Crippen LogP) is 3.20. The van der Waals surface area contributed by atoms with Crippen LogP contribution in [0.25, 0.3) is 22.2 Å². The molecule has 4 heteroatoms. The largest absolute Gasteiger partial charge is 0.308 e. The highest BCUT2D eigenvalue weighted by Gasteiger charge is 2.11. The first kappa shape index (κ1) is 9.81. The molecule has 0 radical (unpaired) electrons. The summed E-state index contributed by atoms with van der Waals surface area (Å²) >= 11 is 9.15. The van der Waals surface area contributed by atoms with Gasteiger partial charge < -0.3 is 4.57 Å². The van der Waals surface area contributed by atoms with Crippen molar-refractivity contribution >= 4 is 40.1 Å². The molecule has 0 unspecified atom stereocenters. The summed E-state index contributed by atoms with van der Waals surface area (Å²) in [5.74, 6) is 0. The monoisotopic (exact) mass is 244 g/mol. The quantitative estimate of drug-likeness (QED) is 0.483. The van der Waals surface area contributed by atoms with Crippen LogP contribution in [0.5, 0.6) is 0 Å². The molecule has 1 aromatic rings. The second-order valence-electron chi connectivity index (χ2n) is 3.56. The zero-order chi connectivity index (χ0) is 11.1. The fourth-order valence-electron chi connectivity index (χ4n) is 1.85. The fraction of sp³-hybridized carbons (Fsp3) is 0. The molecule has 16 heavy (non-hydrogen) atoms. The lowest BCUT2D eigenvalue weighted by molar-refractivity contribution is 1.15. The maximum Gasteiger partial charge on any atom is 0.141 e. The Morgan fingerprint density at radius 1 is 1.25 bits per heavy atom. The maximum absolute atomic E-state index is 5.01. The summed E-state index contributed by atoms with van der Waals surface area (Å²) < 4.78 is 2.31. The van der Waals surface area contributed by atoms with E-state index >= 15 is 0 Å². The summed E-state index contributed by atoms with van der Waals surface area (Å²) in [5.41, 5.74) is 3.11. The second-order valence-corrected chi connectivity index (χ2v) is 4.68. The Kier molecular flexibility index (Phi) is 2.19. The molecule has 0 N–H and O–H groups in total. The molecule has 0 fully saturated rings. The number of hydrogen-bond acceptors (Lipinski definition) is 2. The van der Waals surface area contributed by atoms with Gasteiger partial charge in [0.05, 0.1) is 11.2 Å². The number of pyridine rings is 1. The number of para-hydroxylation sites is 1. The average molecular weight is 244 g/mol. The summed E-state index contributed by atoms with van der Waals surface area (Å²) in [4.78, 5) is 4.54. The molecule has 78 valence electrons. The van der Waals surface area contributed by atoms with Crippen molar-refractivity contribution in [2.45, 2.75) is 0 Å². The number of rotatable bonds is 0. The fourth-order valence-corrected chi connectivity index (χ4v) is 2.09. The normalized spacial score (nSPS) is 11.1. The van der Waals surface area contributed by atoms with E-state index in [1.807, 2.05) is 36.7 Å². The number of thiocarbonyl (C=S) groups is 1. The van der Waals surface area contributed by atoms with E-state index in [1.54, 1.807) is 4.57 Å². The van der Waals surface area contributed by atoms with Gasteiger partial charge in [0, 0.05) is 23.3 Å². The minimum absolute atomic E-state index is 0.522. The molecule has 2 heterocycles. The van der Waals surface area contributed by atoms with Crippen molar-refractivity contribution in [1.82, 2.24) is 9.55 Å². The molecule has 0 amide bonds. The van der Waals surface area contributed by atoms with Crippen LogP contribution in [0, 0.1) is 0 Å². The molecule has 2 nitrogen and oxygen atoms in total. The van der Waals surface area contributed by atoms with Crippen molar-refractivity contribution in [3.63, 3.8) is 0 Å². The van der Waals surface area contributed by atoms with Crippen LogP contribution in [0.2, 0.25) is 0 Å². The van der Waals surface area contributed by atoms with Gasteiger partial charge in [-0.3, -0.25) is 0 Å². The third-order valence-corrected chi connectivity index (χ3v) is 3.04. The first-order valence-electron chi connectivity index (χ1n) is 4.85. The molecule has 3 rings (SSSR count). The van der Waals surface area contributed by atoms with Gasteiger partial charge in [-0.15, -0.1) is 12.6 Å². The zero-order valence-electron chi connectivity index (χ0n) is 8.29. The second kappa shape index (κ2) is 3.57. The molecule has 0 saturated carbocycles. The molecule has 0 atom stereocenters. The van der Waals surface area contributed by atoms with E-state index in [0.29, 0.717) is 4.32 Å². The Labute approximate surface area is 104 Å². The van der Waals surface area contributed by atoms with E-state index in [2.05, 4.69) is 23.7 Å². The Balaban J connectivity index is 2.37. The van der Waals surface area contributed by atoms with Crippen molar-refractivity contribution in [2.24, 2.45) is 0 Å². The van der Waals surface area contributed by atoms with Crippen molar-refractivity contribution in [3.05, 3.63) is 42.7 Å². The van der Waals surface area contributed by atoms with Gasteiger partial charge >= 0.3 is 0 Å². The van der Waals surface area contributed by atoms with Gasteiger partial charge in [-0.1, -0.05) is 30.4 Å². The van der Waals surface area contributed by atoms with E-state index < -0.39 is 0 Å². The first-order valence-corrected chi connectivity index (χ1v) is 5.71. The maximum atomic E-state index is 5.01. The lowest BCUT2D eigenvalue weighted by Crippen LogP contribution is -2.01. The number of thiol groups is 1. The van der Waals surface area contributed by atoms with Crippen LogP contribution in [0.4, 0.5) is 0 Å². The van der Waals surface area contributed by atoms with Crippen LogP contribution in [0.15, 0.2) is 42.7 Å². The predicted molar refractivity (Wildman–Crippen MR) is 73.3 cm³/mol. The third-order valence-electron chi connectivity index (χ3n) is 2.60. The Bertz CT molecular complexity index is 657. The lowest BCUT2D eigenvalue weighted by Gasteiger charge is -2.04. The molecule has 0 saturated heterocycles. The van der Waals surface area contributed by atoms with E-state index in [1.165, 1.54) is 5.39 Å². The van der Waals surface area contributed by atoms with Crippen molar-refractivity contribution in [3.8, 4) is 11.3 Å². The summed E-state index contributed by atoms with van der Waals surface area (Å²) in [7, 11) is 0. The molecule has 2 aliphatic rings. The lowest BCUT2D eigenvalue weighted by atomic mass is 10.1. The SMILES string of the molecule is S=C(S)n1ccc2c3ccccc3nc-2c1. The van der Waals surface area contributed by atoms with Gasteiger partial charge in [0.15, 0.2) is 0 Å². The van der Waals surface area contributed by atoms with E-state index in [0.717, 1.165) is 16.8 Å². The molecule has 0 aromatic heterocycles. The van der Waals surface area contributed by atoms with Crippen molar-refractivity contribution in [2.75, 3.05) is 0 Å². The van der Waals surface area contributed by atoms with Crippen LogP contribution < -0.4 is 0 Å². The van der Waals surface area contributed by atoms with Gasteiger partial charge in [-0.25, -0.2) is 4.98 Å². The zero-order valence-corrected chi connectivity index (χ0v) is 10.0. The van der Waals surface area contributed by atoms with Gasteiger partial charge in [0.2, 0.25) is 0 Å². The average Bonchev–Trinajstić information content (AvgIpc) is 2.66. The van der Waals surface area contributed by atoms with Crippen LogP contribution in [0.3, 0.4) is 0 Å². The number of nitrogens with zero attached hydrogens (tertiary/aromatic N) is 2. The Morgan fingerprint density at radius 3 is 2.88 bits per heavy atom. The molecule has 0 spiro atoms. The molecule has 0 aliphatic carbocycles. The van der Waals surface area contributed by atoms with Gasteiger partial charge in [0.25, 0.3) is 0 Å². The number of fused-ring (bicyclic) bond motifs is 3. The third kappa shape index (κ3) is 1.42. The topological polar surface area (TPSA) is 17.8 Å². The van der Waals surface area contributed by atoms with Crippen LogP contribution in [-0.2, 0) is 0 Å². The molecule has 0 bridgehead atoms. The molecule has 2 aliphatic heterocycles. The summed E-state index contributed by atoms with van der Waals surface area (Å²) in [5, 5.41) is 1.18. The van der Waals surface area contributed by atoms with Gasteiger partial charge in [-0.2, -0.15) is 0 Å².